The van der Waals surface area contributed by atoms with Crippen molar-refractivity contribution >= 4 is 18.0 Å². The molecule has 0 aliphatic rings. The molecule has 2 atom stereocenters. The third kappa shape index (κ3) is 5.29. The number of hydrogen-bond donors (Lipinski definition) is 2. The molecule has 2 N–H and O–H groups in total. The Balaban J connectivity index is 2.08. The maximum atomic E-state index is 12.0. The molecule has 130 valence electrons. The molecule has 0 spiro atoms. The highest BCUT2D eigenvalue weighted by atomic mass is 16.5. The molecule has 0 heterocycles. The highest BCUT2D eigenvalue weighted by Gasteiger charge is 2.25. The molecule has 0 aliphatic carbocycles. The molecule has 5 heteroatoms. The fourth-order valence-corrected chi connectivity index (χ4v) is 2.33. The van der Waals surface area contributed by atoms with Crippen LogP contribution in [0.5, 0.6) is 0 Å². The molecule has 0 fully saturated rings. The maximum Gasteiger partial charge on any atom is 0.331 e. The Morgan fingerprint density at radius 1 is 1.08 bits per heavy atom. The molecule has 0 aliphatic heterocycles. The number of carbonyl (C=O) groups excluding carboxylic acids is 2. The molecule has 2 aromatic rings. The number of aliphatic hydroxyl groups excluding tert-OH is 1. The molecule has 0 aromatic heterocycles. The monoisotopic (exact) mass is 339 g/mol. The van der Waals surface area contributed by atoms with Gasteiger partial charge in [0.05, 0.1) is 13.2 Å². The predicted molar refractivity (Wildman–Crippen MR) is 96.5 cm³/mol. The first-order chi connectivity index (χ1) is 12.0. The van der Waals surface area contributed by atoms with Gasteiger partial charge in [0.25, 0.3) is 0 Å². The van der Waals surface area contributed by atoms with Gasteiger partial charge >= 0.3 is 5.97 Å². The number of methoxy groups -OCH3 is 1. The Morgan fingerprint density at radius 2 is 1.76 bits per heavy atom. The largest absolute Gasteiger partial charge is 0.467 e. The van der Waals surface area contributed by atoms with Gasteiger partial charge in [-0.05, 0) is 35.8 Å². The summed E-state index contributed by atoms with van der Waals surface area (Å²) in [6, 6.07) is 16.6. The van der Waals surface area contributed by atoms with Crippen LogP contribution in [0.2, 0.25) is 0 Å². The van der Waals surface area contributed by atoms with Gasteiger partial charge in [-0.3, -0.25) is 4.79 Å². The molecule has 2 aromatic carbocycles. The Labute approximate surface area is 146 Å². The zero-order valence-electron chi connectivity index (χ0n) is 14.2. The van der Waals surface area contributed by atoms with E-state index >= 15 is 0 Å². The number of ether oxygens (including phenoxy) is 1. The number of aliphatic hydroxyl groups is 1. The number of nitrogens with one attached hydrogen (secondary N) is 1. The van der Waals surface area contributed by atoms with Crippen LogP contribution in [0.1, 0.15) is 12.5 Å². The minimum atomic E-state index is -1.10. The first-order valence-electron chi connectivity index (χ1n) is 7.91. The predicted octanol–water partition coefficient (Wildman–Crippen LogP) is 2.41. The quantitative estimate of drug-likeness (QED) is 0.626. The summed E-state index contributed by atoms with van der Waals surface area (Å²) in [6.07, 6.45) is 1.92. The topological polar surface area (TPSA) is 75.6 Å². The van der Waals surface area contributed by atoms with E-state index in [-0.39, 0.29) is 0 Å². The van der Waals surface area contributed by atoms with Crippen LogP contribution in [0, 0.1) is 0 Å². The van der Waals surface area contributed by atoms with Gasteiger partial charge in [-0.2, -0.15) is 0 Å². The minimum absolute atomic E-state index is 0.485. The standard InChI is InChI=1S/C20H21NO4/c1-14(22)19(20(24)25-2)21-18(23)12-11-15-7-6-10-17(13-15)16-8-4-3-5-9-16/h3-14,19,22H,1-2H3,(H,21,23)/b12-11+/t14?,19-/m0/s1. The van der Waals surface area contributed by atoms with E-state index in [9.17, 15) is 14.7 Å². The van der Waals surface area contributed by atoms with E-state index in [4.69, 9.17) is 0 Å². The summed E-state index contributed by atoms with van der Waals surface area (Å²) < 4.78 is 4.56. The van der Waals surface area contributed by atoms with Crippen LogP contribution < -0.4 is 5.32 Å². The summed E-state index contributed by atoms with van der Waals surface area (Å²) >= 11 is 0. The second-order valence-electron chi connectivity index (χ2n) is 5.57. The molecule has 0 radical (unpaired) electrons. The molecular formula is C20H21NO4. The first kappa shape index (κ1) is 18.4. The second-order valence-corrected chi connectivity index (χ2v) is 5.57. The van der Waals surface area contributed by atoms with Crippen molar-refractivity contribution < 1.29 is 19.4 Å². The van der Waals surface area contributed by atoms with Crippen LogP contribution in [0.3, 0.4) is 0 Å². The van der Waals surface area contributed by atoms with Crippen LogP contribution >= 0.6 is 0 Å². The lowest BCUT2D eigenvalue weighted by atomic mass is 10.0. The van der Waals surface area contributed by atoms with Crippen molar-refractivity contribution in [3.8, 4) is 11.1 Å². The SMILES string of the molecule is COC(=O)[C@@H](NC(=O)/C=C/c1cccc(-c2ccccc2)c1)C(C)O. The van der Waals surface area contributed by atoms with Crippen LogP contribution in [0.25, 0.3) is 17.2 Å². The zero-order valence-corrected chi connectivity index (χ0v) is 14.2. The lowest BCUT2D eigenvalue weighted by Crippen LogP contribution is -2.47. The fourth-order valence-electron chi connectivity index (χ4n) is 2.33. The fraction of sp³-hybridized carbons (Fsp3) is 0.200. The van der Waals surface area contributed by atoms with Gasteiger partial charge in [-0.25, -0.2) is 4.79 Å². The number of hydrogen-bond acceptors (Lipinski definition) is 4. The van der Waals surface area contributed by atoms with Crippen molar-refractivity contribution in [2.24, 2.45) is 0 Å². The Bertz CT molecular complexity index is 753. The lowest BCUT2D eigenvalue weighted by Gasteiger charge is -2.17. The Kier molecular flexibility index (Phi) is 6.48. The molecular weight excluding hydrogens is 318 g/mol. The maximum absolute atomic E-state index is 12.0. The molecule has 0 bridgehead atoms. The lowest BCUT2D eigenvalue weighted by molar-refractivity contribution is -0.147. The van der Waals surface area contributed by atoms with E-state index in [1.165, 1.54) is 20.1 Å². The van der Waals surface area contributed by atoms with Gasteiger partial charge in [0.2, 0.25) is 5.91 Å². The molecule has 25 heavy (non-hydrogen) atoms. The summed E-state index contributed by atoms with van der Waals surface area (Å²) in [5, 5.41) is 12.0. The summed E-state index contributed by atoms with van der Waals surface area (Å²) in [7, 11) is 1.20. The summed E-state index contributed by atoms with van der Waals surface area (Å²) in [5.41, 5.74) is 2.98. The average Bonchev–Trinajstić information content (AvgIpc) is 2.64. The molecule has 0 saturated heterocycles. The van der Waals surface area contributed by atoms with E-state index in [1.807, 2.05) is 54.6 Å². The smallest absolute Gasteiger partial charge is 0.331 e. The third-order valence-electron chi connectivity index (χ3n) is 3.66. The van der Waals surface area contributed by atoms with E-state index in [2.05, 4.69) is 10.1 Å². The van der Waals surface area contributed by atoms with Gasteiger partial charge in [0.15, 0.2) is 6.04 Å². The molecule has 1 amide bonds. The zero-order chi connectivity index (χ0) is 18.2. The van der Waals surface area contributed by atoms with Crippen molar-refractivity contribution in [3.05, 3.63) is 66.2 Å². The highest BCUT2D eigenvalue weighted by molar-refractivity contribution is 5.94. The molecule has 0 saturated carbocycles. The van der Waals surface area contributed by atoms with Crippen LogP contribution in [-0.2, 0) is 14.3 Å². The van der Waals surface area contributed by atoms with Gasteiger partial charge in [0, 0.05) is 6.08 Å². The highest BCUT2D eigenvalue weighted by Crippen LogP contribution is 2.20. The van der Waals surface area contributed by atoms with Gasteiger partial charge in [0.1, 0.15) is 0 Å². The summed E-state index contributed by atoms with van der Waals surface area (Å²) in [4.78, 5) is 23.5. The Hall–Kier alpha value is -2.92. The van der Waals surface area contributed by atoms with Crippen molar-refractivity contribution in [1.82, 2.24) is 5.32 Å². The van der Waals surface area contributed by atoms with Gasteiger partial charge in [-0.15, -0.1) is 0 Å². The number of esters is 1. The number of benzene rings is 2. The van der Waals surface area contributed by atoms with Crippen LogP contribution in [0.15, 0.2) is 60.7 Å². The number of amides is 1. The first-order valence-corrected chi connectivity index (χ1v) is 7.91. The summed E-state index contributed by atoms with van der Waals surface area (Å²) in [6.45, 7) is 1.41. The van der Waals surface area contributed by atoms with Crippen molar-refractivity contribution in [2.75, 3.05) is 7.11 Å². The molecule has 2 rings (SSSR count). The normalized spacial score (nSPS) is 13.2. The number of rotatable bonds is 6. The minimum Gasteiger partial charge on any atom is -0.467 e. The summed E-state index contributed by atoms with van der Waals surface area (Å²) in [5.74, 6) is -1.18. The van der Waals surface area contributed by atoms with E-state index < -0.39 is 24.0 Å². The van der Waals surface area contributed by atoms with Crippen molar-refractivity contribution in [3.63, 3.8) is 0 Å². The van der Waals surface area contributed by atoms with Gasteiger partial charge < -0.3 is 15.2 Å². The Morgan fingerprint density at radius 3 is 2.40 bits per heavy atom. The average molecular weight is 339 g/mol. The van der Waals surface area contributed by atoms with E-state index in [0.717, 1.165) is 16.7 Å². The van der Waals surface area contributed by atoms with Crippen LogP contribution in [0.4, 0.5) is 0 Å². The number of carbonyl (C=O) groups is 2. The van der Waals surface area contributed by atoms with Crippen molar-refractivity contribution in [1.29, 1.82) is 0 Å². The molecule has 5 nitrogen and oxygen atoms in total. The van der Waals surface area contributed by atoms with Gasteiger partial charge in [-0.1, -0.05) is 48.5 Å². The molecule has 1 unspecified atom stereocenters. The third-order valence-corrected chi connectivity index (χ3v) is 3.66. The van der Waals surface area contributed by atoms with E-state index in [1.54, 1.807) is 6.08 Å². The second kappa shape index (κ2) is 8.80. The van der Waals surface area contributed by atoms with E-state index in [0.29, 0.717) is 0 Å². The van der Waals surface area contributed by atoms with Crippen molar-refractivity contribution in [2.45, 2.75) is 19.1 Å². The van der Waals surface area contributed by atoms with Crippen LogP contribution in [-0.4, -0.2) is 36.2 Å².